The summed E-state index contributed by atoms with van der Waals surface area (Å²) in [6.07, 6.45) is 6.92. The van der Waals surface area contributed by atoms with Crippen LogP contribution in [0.15, 0.2) is 12.5 Å². The molecule has 1 amide bonds. The molecule has 0 bridgehead atoms. The average molecular weight is 293 g/mol. The Morgan fingerprint density at radius 1 is 1.52 bits per heavy atom. The van der Waals surface area contributed by atoms with Gasteiger partial charge in [-0.3, -0.25) is 0 Å². The number of imidazole rings is 1. The van der Waals surface area contributed by atoms with Crippen LogP contribution in [0.3, 0.4) is 0 Å². The fourth-order valence-electron chi connectivity index (χ4n) is 2.45. The number of nitrogens with one attached hydrogen (secondary N) is 1. The molecule has 5 heteroatoms. The van der Waals surface area contributed by atoms with Gasteiger partial charge in [-0.05, 0) is 45.4 Å². The molecule has 1 aromatic rings. The summed E-state index contributed by atoms with van der Waals surface area (Å²) in [5.74, 6) is 1.59. The van der Waals surface area contributed by atoms with Crippen LogP contribution in [0, 0.1) is 11.8 Å². The maximum atomic E-state index is 11.6. The highest BCUT2D eigenvalue weighted by atomic mass is 16.6. The fraction of sp³-hybridized carbons (Fsp3) is 0.750. The van der Waals surface area contributed by atoms with E-state index in [4.69, 9.17) is 4.74 Å². The normalized spacial score (nSPS) is 16.6. The van der Waals surface area contributed by atoms with Gasteiger partial charge in [0.2, 0.25) is 0 Å². The monoisotopic (exact) mass is 293 g/mol. The SMILES string of the molecule is CC(Cn1cncc1CCNC(=O)OC(C)(C)C)C1CC1. The van der Waals surface area contributed by atoms with Crippen molar-refractivity contribution in [2.75, 3.05) is 6.54 Å². The number of nitrogens with zero attached hydrogens (tertiary/aromatic N) is 2. The van der Waals surface area contributed by atoms with E-state index < -0.39 is 5.60 Å². The van der Waals surface area contributed by atoms with E-state index in [2.05, 4.69) is 21.8 Å². The lowest BCUT2D eigenvalue weighted by Crippen LogP contribution is -2.33. The van der Waals surface area contributed by atoms with Gasteiger partial charge in [-0.1, -0.05) is 6.92 Å². The summed E-state index contributed by atoms with van der Waals surface area (Å²) >= 11 is 0. The Kier molecular flexibility index (Phi) is 4.91. The number of ether oxygens (including phenoxy) is 1. The summed E-state index contributed by atoms with van der Waals surface area (Å²) in [4.78, 5) is 15.8. The van der Waals surface area contributed by atoms with Gasteiger partial charge in [-0.2, -0.15) is 0 Å². The first-order chi connectivity index (χ1) is 9.85. The second-order valence-corrected chi connectivity index (χ2v) is 7.03. The van der Waals surface area contributed by atoms with Crippen LogP contribution < -0.4 is 5.32 Å². The third kappa shape index (κ3) is 5.40. The van der Waals surface area contributed by atoms with Gasteiger partial charge in [-0.25, -0.2) is 9.78 Å². The van der Waals surface area contributed by atoms with E-state index in [9.17, 15) is 4.79 Å². The number of rotatable bonds is 6. The molecule has 118 valence electrons. The van der Waals surface area contributed by atoms with Crippen LogP contribution in [0.1, 0.15) is 46.2 Å². The Morgan fingerprint density at radius 2 is 2.24 bits per heavy atom. The van der Waals surface area contributed by atoms with E-state index in [1.54, 1.807) is 0 Å². The summed E-state index contributed by atoms with van der Waals surface area (Å²) in [7, 11) is 0. The van der Waals surface area contributed by atoms with E-state index in [-0.39, 0.29) is 6.09 Å². The standard InChI is InChI=1S/C16H27N3O2/c1-12(13-5-6-13)10-19-11-17-9-14(19)7-8-18-15(20)21-16(2,3)4/h9,11-13H,5-8,10H2,1-4H3,(H,18,20). The summed E-state index contributed by atoms with van der Waals surface area (Å²) in [5.41, 5.74) is 0.713. The van der Waals surface area contributed by atoms with Crippen molar-refractivity contribution in [3.8, 4) is 0 Å². The Balaban J connectivity index is 1.75. The summed E-state index contributed by atoms with van der Waals surface area (Å²) < 4.78 is 7.43. The second kappa shape index (κ2) is 6.50. The van der Waals surface area contributed by atoms with Crippen LogP contribution in [-0.2, 0) is 17.7 Å². The maximum Gasteiger partial charge on any atom is 0.407 e. The summed E-state index contributed by atoms with van der Waals surface area (Å²) in [6, 6.07) is 0. The van der Waals surface area contributed by atoms with Gasteiger partial charge in [0.1, 0.15) is 5.60 Å². The van der Waals surface area contributed by atoms with Crippen LogP contribution in [0.4, 0.5) is 4.79 Å². The largest absolute Gasteiger partial charge is 0.444 e. The van der Waals surface area contributed by atoms with Crippen molar-refractivity contribution in [2.45, 2.75) is 59.1 Å². The smallest absolute Gasteiger partial charge is 0.407 e. The maximum absolute atomic E-state index is 11.6. The number of alkyl carbamates (subject to hydrolysis) is 1. The van der Waals surface area contributed by atoms with Gasteiger partial charge < -0.3 is 14.6 Å². The van der Waals surface area contributed by atoms with Gasteiger partial charge in [-0.15, -0.1) is 0 Å². The van der Waals surface area contributed by atoms with Crippen LogP contribution in [-0.4, -0.2) is 27.8 Å². The molecule has 1 aromatic heterocycles. The molecule has 1 aliphatic rings. The van der Waals surface area contributed by atoms with Gasteiger partial charge in [0.05, 0.1) is 6.33 Å². The van der Waals surface area contributed by atoms with Crippen LogP contribution in [0.2, 0.25) is 0 Å². The van der Waals surface area contributed by atoms with E-state index in [1.165, 1.54) is 18.5 Å². The molecule has 0 aliphatic heterocycles. The number of carbonyl (C=O) groups excluding carboxylic acids is 1. The molecule has 0 radical (unpaired) electrons. The first-order valence-corrected chi connectivity index (χ1v) is 7.81. The Hall–Kier alpha value is -1.52. The molecule has 0 spiro atoms. The van der Waals surface area contributed by atoms with Crippen molar-refractivity contribution < 1.29 is 9.53 Å². The molecule has 1 atom stereocenters. The fourth-order valence-corrected chi connectivity index (χ4v) is 2.45. The van der Waals surface area contributed by atoms with Crippen molar-refractivity contribution in [2.24, 2.45) is 11.8 Å². The van der Waals surface area contributed by atoms with Crippen LogP contribution in [0.5, 0.6) is 0 Å². The summed E-state index contributed by atoms with van der Waals surface area (Å²) in [5, 5.41) is 2.79. The average Bonchev–Trinajstić information content (AvgIpc) is 3.11. The zero-order valence-electron chi connectivity index (χ0n) is 13.6. The Morgan fingerprint density at radius 3 is 2.86 bits per heavy atom. The van der Waals surface area contributed by atoms with Crippen molar-refractivity contribution in [3.63, 3.8) is 0 Å². The van der Waals surface area contributed by atoms with Crippen LogP contribution in [0.25, 0.3) is 0 Å². The van der Waals surface area contributed by atoms with E-state index in [0.29, 0.717) is 12.5 Å². The Bertz CT molecular complexity index is 472. The summed E-state index contributed by atoms with van der Waals surface area (Å²) in [6.45, 7) is 9.48. The molecule has 1 unspecified atom stereocenters. The van der Waals surface area contributed by atoms with Gasteiger partial charge in [0, 0.05) is 31.4 Å². The number of hydrogen-bond acceptors (Lipinski definition) is 3. The van der Waals surface area contributed by atoms with Crippen LogP contribution >= 0.6 is 0 Å². The van der Waals surface area contributed by atoms with Crippen molar-refractivity contribution >= 4 is 6.09 Å². The molecule has 1 saturated carbocycles. The third-order valence-corrected chi connectivity index (χ3v) is 3.76. The molecule has 1 N–H and O–H groups in total. The lowest BCUT2D eigenvalue weighted by molar-refractivity contribution is 0.0528. The highest BCUT2D eigenvalue weighted by Gasteiger charge is 2.28. The molecular weight excluding hydrogens is 266 g/mol. The molecule has 0 saturated heterocycles. The molecule has 21 heavy (non-hydrogen) atoms. The third-order valence-electron chi connectivity index (χ3n) is 3.76. The molecule has 2 rings (SSSR count). The van der Waals surface area contributed by atoms with Gasteiger partial charge in [0.15, 0.2) is 0 Å². The molecule has 1 aliphatic carbocycles. The predicted molar refractivity (Wildman–Crippen MR) is 82.1 cm³/mol. The molecule has 5 nitrogen and oxygen atoms in total. The minimum atomic E-state index is -0.453. The molecule has 0 aromatic carbocycles. The van der Waals surface area contributed by atoms with E-state index in [1.807, 2.05) is 33.3 Å². The molecule has 1 fully saturated rings. The van der Waals surface area contributed by atoms with Gasteiger partial charge in [0.25, 0.3) is 0 Å². The number of carbonyl (C=O) groups is 1. The predicted octanol–water partition coefficient (Wildman–Crippen LogP) is 3.00. The lowest BCUT2D eigenvalue weighted by Gasteiger charge is -2.19. The first kappa shape index (κ1) is 15.9. The Labute approximate surface area is 127 Å². The zero-order valence-corrected chi connectivity index (χ0v) is 13.6. The number of hydrogen-bond donors (Lipinski definition) is 1. The zero-order chi connectivity index (χ0) is 15.5. The quantitative estimate of drug-likeness (QED) is 0.877. The highest BCUT2D eigenvalue weighted by molar-refractivity contribution is 5.67. The van der Waals surface area contributed by atoms with Crippen molar-refractivity contribution in [1.29, 1.82) is 0 Å². The minimum Gasteiger partial charge on any atom is -0.444 e. The second-order valence-electron chi connectivity index (χ2n) is 7.03. The van der Waals surface area contributed by atoms with E-state index >= 15 is 0 Å². The van der Waals surface area contributed by atoms with Gasteiger partial charge >= 0.3 is 6.09 Å². The first-order valence-electron chi connectivity index (χ1n) is 7.81. The number of amides is 1. The number of aromatic nitrogens is 2. The van der Waals surface area contributed by atoms with E-state index in [0.717, 1.165) is 18.9 Å². The van der Waals surface area contributed by atoms with Crippen molar-refractivity contribution in [3.05, 3.63) is 18.2 Å². The van der Waals surface area contributed by atoms with Crippen molar-refractivity contribution in [1.82, 2.24) is 14.9 Å². The molecule has 1 heterocycles. The lowest BCUT2D eigenvalue weighted by atomic mass is 10.1. The molecular formula is C16H27N3O2. The topological polar surface area (TPSA) is 56.2 Å². The highest BCUT2D eigenvalue weighted by Crippen LogP contribution is 2.37. The minimum absolute atomic E-state index is 0.361.